The van der Waals surface area contributed by atoms with Crippen molar-refractivity contribution in [2.45, 2.75) is 38.1 Å². The molecule has 2 heterocycles. The predicted molar refractivity (Wildman–Crippen MR) is 141 cm³/mol. The fourth-order valence-electron chi connectivity index (χ4n) is 4.61. The molecule has 2 aromatic rings. The van der Waals surface area contributed by atoms with Gasteiger partial charge in [0.25, 0.3) is 0 Å². The van der Waals surface area contributed by atoms with Crippen LogP contribution in [0.2, 0.25) is 0 Å². The second kappa shape index (κ2) is 14.1. The molecule has 1 amide bonds. The quantitative estimate of drug-likeness (QED) is 0.431. The van der Waals surface area contributed by atoms with Gasteiger partial charge in [0.05, 0.1) is 32.4 Å². The van der Waals surface area contributed by atoms with E-state index in [-0.39, 0.29) is 24.7 Å². The van der Waals surface area contributed by atoms with Gasteiger partial charge in [0.15, 0.2) is 11.5 Å². The van der Waals surface area contributed by atoms with Crippen LogP contribution >= 0.6 is 0 Å². The molecule has 3 atom stereocenters. The third-order valence-corrected chi connectivity index (χ3v) is 6.67. The van der Waals surface area contributed by atoms with Crippen molar-refractivity contribution in [2.75, 3.05) is 40.0 Å². The van der Waals surface area contributed by atoms with Gasteiger partial charge in [0, 0.05) is 20.0 Å². The van der Waals surface area contributed by atoms with Crippen LogP contribution in [0.3, 0.4) is 0 Å². The molecule has 41 heavy (non-hydrogen) atoms. The van der Waals surface area contributed by atoms with Gasteiger partial charge >= 0.3 is 6.18 Å². The van der Waals surface area contributed by atoms with Crippen LogP contribution in [-0.2, 0) is 14.3 Å². The Morgan fingerprint density at radius 1 is 1.07 bits per heavy atom. The van der Waals surface area contributed by atoms with Crippen LogP contribution in [0.15, 0.2) is 30.3 Å². The van der Waals surface area contributed by atoms with Crippen LogP contribution in [0.1, 0.15) is 30.9 Å². The number of nitrogens with one attached hydrogen (secondary N) is 1. The fourth-order valence-corrected chi connectivity index (χ4v) is 4.61. The second-order valence-corrected chi connectivity index (χ2v) is 9.34. The minimum atomic E-state index is -5.19. The van der Waals surface area contributed by atoms with Crippen LogP contribution in [0.4, 0.5) is 18.9 Å². The zero-order valence-corrected chi connectivity index (χ0v) is 23.1. The number of benzene rings is 2. The number of nitrogens with two attached hydrogens (primary N) is 1. The third kappa shape index (κ3) is 8.27. The van der Waals surface area contributed by atoms with Gasteiger partial charge in [-0.3, -0.25) is 4.79 Å². The van der Waals surface area contributed by atoms with Crippen molar-refractivity contribution in [1.82, 2.24) is 0 Å². The van der Waals surface area contributed by atoms with Crippen LogP contribution in [0, 0.1) is 5.92 Å². The summed E-state index contributed by atoms with van der Waals surface area (Å²) in [5.74, 6) is -0.896. The molecule has 13 heteroatoms. The van der Waals surface area contributed by atoms with Gasteiger partial charge in [-0.2, -0.15) is 13.2 Å². The minimum Gasteiger partial charge on any atom is -0.542 e. The zero-order valence-electron chi connectivity index (χ0n) is 23.1. The summed E-state index contributed by atoms with van der Waals surface area (Å²) < 4.78 is 59.1. The number of ether oxygens (including phenoxy) is 5. The molecule has 0 bridgehead atoms. The monoisotopic (exact) mass is 582 g/mol. The molecule has 1 fully saturated rings. The van der Waals surface area contributed by atoms with Crippen molar-refractivity contribution in [3.63, 3.8) is 0 Å². The number of anilines is 1. The predicted octanol–water partition coefficient (Wildman–Crippen LogP) is 2.22. The lowest BCUT2D eigenvalue weighted by Gasteiger charge is -2.25. The van der Waals surface area contributed by atoms with Gasteiger partial charge in [-0.25, -0.2) is 0 Å². The zero-order chi connectivity index (χ0) is 30.2. The van der Waals surface area contributed by atoms with Crippen molar-refractivity contribution in [3.05, 3.63) is 41.5 Å². The third-order valence-electron chi connectivity index (χ3n) is 6.67. The number of quaternary nitrogens is 1. The Morgan fingerprint density at radius 3 is 2.34 bits per heavy atom. The number of aliphatic carboxylic acids is 1. The number of carboxylic acid groups (broad SMARTS) is 1. The number of halogens is 3. The van der Waals surface area contributed by atoms with E-state index in [9.17, 15) is 18.0 Å². The van der Waals surface area contributed by atoms with Crippen molar-refractivity contribution in [3.8, 4) is 23.0 Å². The van der Waals surface area contributed by atoms with Crippen molar-refractivity contribution >= 4 is 29.7 Å². The number of carbonyl (C=O) groups is 2. The first kappa shape index (κ1) is 31.6. The fraction of sp³-hybridized carbons (Fsp3) is 0.429. The maximum Gasteiger partial charge on any atom is 0.430 e. The van der Waals surface area contributed by atoms with Gasteiger partial charge < -0.3 is 44.2 Å². The Bertz CT molecular complexity index is 1250. The molecule has 2 aliphatic heterocycles. The van der Waals surface area contributed by atoms with Crippen LogP contribution in [0.5, 0.6) is 23.0 Å². The lowest BCUT2D eigenvalue weighted by atomic mass is 9.95. The molecule has 0 radical (unpaired) electrons. The van der Waals surface area contributed by atoms with E-state index in [1.807, 2.05) is 49.4 Å². The Morgan fingerprint density at radius 2 is 1.76 bits per heavy atom. The Balaban J connectivity index is 0.000000587. The van der Waals surface area contributed by atoms with Crippen molar-refractivity contribution < 1.29 is 56.9 Å². The highest BCUT2D eigenvalue weighted by Crippen LogP contribution is 2.42. The number of carboxylic acids is 1. The van der Waals surface area contributed by atoms with Crippen LogP contribution in [-0.4, -0.2) is 64.9 Å². The standard InChI is InChI=1S/C26H32N2O6.C2HF3O2/c1-16(24(32-4)19-6-5-11-27-19)26(29)28-20-12-17(9-10-21(20)30-2)7-8-18-13-22(31-3)25-23(14-18)33-15-34-25;3-2(4,5)1(6)7/h7-10,12-14,16,19,24,27H,5-6,11,15H2,1-4H3,(H,28,29);(H,6,7)/b8-7-;/t16-,19+,24-;/m1./s1. The molecule has 0 unspecified atom stereocenters. The molecule has 2 aromatic carbocycles. The van der Waals surface area contributed by atoms with Crippen LogP contribution in [0.25, 0.3) is 12.2 Å². The lowest BCUT2D eigenvalue weighted by molar-refractivity contribution is -0.678. The van der Waals surface area contributed by atoms with Gasteiger partial charge in [-0.1, -0.05) is 25.1 Å². The highest BCUT2D eigenvalue weighted by Gasteiger charge is 2.36. The molecule has 0 saturated carbocycles. The molecule has 3 N–H and O–H groups in total. The number of carbonyl (C=O) groups excluding carboxylic acids is 2. The first-order valence-corrected chi connectivity index (χ1v) is 12.8. The highest BCUT2D eigenvalue weighted by atomic mass is 19.4. The Labute approximate surface area is 235 Å². The molecular formula is C28H33F3N2O8. The molecule has 0 spiro atoms. The van der Waals surface area contributed by atoms with E-state index in [0.717, 1.165) is 30.5 Å². The average molecular weight is 583 g/mol. The van der Waals surface area contributed by atoms with E-state index in [4.69, 9.17) is 33.6 Å². The van der Waals surface area contributed by atoms with Gasteiger partial charge in [-0.15, -0.1) is 0 Å². The average Bonchev–Trinajstić information content (AvgIpc) is 3.64. The summed E-state index contributed by atoms with van der Waals surface area (Å²) in [5, 5.41) is 14.1. The maximum atomic E-state index is 13.1. The van der Waals surface area contributed by atoms with E-state index in [1.165, 1.54) is 0 Å². The molecule has 4 rings (SSSR count). The summed E-state index contributed by atoms with van der Waals surface area (Å²) in [5.41, 5.74) is 2.44. The maximum absolute atomic E-state index is 13.1. The summed E-state index contributed by atoms with van der Waals surface area (Å²) in [7, 11) is 4.87. The Hall–Kier alpha value is -3.97. The van der Waals surface area contributed by atoms with Crippen molar-refractivity contribution in [2.24, 2.45) is 5.92 Å². The van der Waals surface area contributed by atoms with E-state index in [2.05, 4.69) is 10.6 Å². The van der Waals surface area contributed by atoms with E-state index >= 15 is 0 Å². The first-order valence-electron chi connectivity index (χ1n) is 12.8. The summed E-state index contributed by atoms with van der Waals surface area (Å²) in [4.78, 5) is 21.9. The molecule has 224 valence electrons. The van der Waals surface area contributed by atoms with Crippen LogP contribution < -0.4 is 34.7 Å². The lowest BCUT2D eigenvalue weighted by Crippen LogP contribution is -2.89. The summed E-state index contributed by atoms with van der Waals surface area (Å²) in [6.07, 6.45) is 0.788. The molecule has 1 saturated heterocycles. The first-order chi connectivity index (χ1) is 19.5. The van der Waals surface area contributed by atoms with E-state index < -0.39 is 12.1 Å². The number of alkyl halides is 3. The second-order valence-electron chi connectivity index (χ2n) is 9.34. The molecule has 10 nitrogen and oxygen atoms in total. The number of amides is 1. The topological polar surface area (TPSA) is 132 Å². The molecule has 0 aromatic heterocycles. The normalized spacial score (nSPS) is 17.4. The highest BCUT2D eigenvalue weighted by molar-refractivity contribution is 5.94. The van der Waals surface area contributed by atoms with E-state index in [0.29, 0.717) is 34.7 Å². The Kier molecular flexibility index (Phi) is 10.8. The van der Waals surface area contributed by atoms with Gasteiger partial charge in [-0.05, 0) is 35.4 Å². The summed E-state index contributed by atoms with van der Waals surface area (Å²) in [6, 6.07) is 9.78. The number of hydrogen-bond donors (Lipinski definition) is 2. The molecule has 0 aliphatic carbocycles. The number of rotatable bonds is 9. The van der Waals surface area contributed by atoms with E-state index in [1.54, 1.807) is 21.3 Å². The molecular weight excluding hydrogens is 549 g/mol. The number of hydrogen-bond acceptors (Lipinski definition) is 8. The summed E-state index contributed by atoms with van der Waals surface area (Å²) in [6.45, 7) is 3.18. The minimum absolute atomic E-state index is 0.0907. The largest absolute Gasteiger partial charge is 0.542 e. The van der Waals surface area contributed by atoms with Gasteiger partial charge in [0.2, 0.25) is 18.4 Å². The molecule has 2 aliphatic rings. The number of fused-ring (bicyclic) bond motifs is 1. The number of methoxy groups -OCH3 is 3. The van der Waals surface area contributed by atoms with Gasteiger partial charge in [0.1, 0.15) is 23.9 Å². The SMILES string of the molecule is COc1ccc(/C=C\c2cc(OC)c3c(c2)OCO3)cc1NC(=O)[C@H](C)[C@@H](OC)[C@@H]1CCC[NH2+]1.O=C([O-])C(F)(F)F. The smallest absolute Gasteiger partial charge is 0.430 e. The summed E-state index contributed by atoms with van der Waals surface area (Å²) >= 11 is 0. The van der Waals surface area contributed by atoms with Crippen molar-refractivity contribution in [1.29, 1.82) is 0 Å².